The molecule has 1 aliphatic rings. The van der Waals surface area contributed by atoms with E-state index in [-0.39, 0.29) is 21.5 Å². The molecule has 1 N–H and O–H groups in total. The summed E-state index contributed by atoms with van der Waals surface area (Å²) in [5, 5.41) is 0. The van der Waals surface area contributed by atoms with E-state index in [1.54, 1.807) is 7.05 Å². The average molecular weight is 427 g/mol. The fraction of sp³-hybridized carbons (Fsp3) is 0.368. The molecule has 1 saturated carbocycles. The molecule has 6 nitrogen and oxygen atoms in total. The van der Waals surface area contributed by atoms with Gasteiger partial charge < -0.3 is 0 Å². The van der Waals surface area contributed by atoms with E-state index in [4.69, 9.17) is 0 Å². The Morgan fingerprint density at radius 1 is 0.929 bits per heavy atom. The summed E-state index contributed by atoms with van der Waals surface area (Å²) in [7, 11) is -6.03. The van der Waals surface area contributed by atoms with Crippen LogP contribution in [0.3, 0.4) is 0 Å². The lowest BCUT2D eigenvalue weighted by Crippen LogP contribution is -2.38. The van der Waals surface area contributed by atoms with Crippen LogP contribution in [0, 0.1) is 5.82 Å². The normalized spacial score (nSPS) is 16.2. The molecule has 3 rings (SSSR count). The number of nitrogens with one attached hydrogen (secondary N) is 1. The van der Waals surface area contributed by atoms with Crippen LogP contribution >= 0.6 is 0 Å². The van der Waals surface area contributed by atoms with Crippen LogP contribution in [0.2, 0.25) is 0 Å². The van der Waals surface area contributed by atoms with E-state index in [1.165, 1.54) is 40.7 Å². The molecule has 0 radical (unpaired) electrons. The lowest BCUT2D eigenvalue weighted by Gasteiger charge is -2.30. The summed E-state index contributed by atoms with van der Waals surface area (Å²) in [4.78, 5) is -0.101. The van der Waals surface area contributed by atoms with Crippen molar-refractivity contribution < 1.29 is 21.2 Å². The minimum absolute atomic E-state index is 0.00935. The number of benzene rings is 2. The van der Waals surface area contributed by atoms with Crippen molar-refractivity contribution in [1.82, 2.24) is 4.31 Å². The smallest absolute Gasteiger partial charge is 0.261 e. The van der Waals surface area contributed by atoms with Gasteiger partial charge in [0.05, 0.1) is 9.79 Å². The molecule has 0 aromatic heterocycles. The van der Waals surface area contributed by atoms with Crippen LogP contribution in [0.4, 0.5) is 10.1 Å². The van der Waals surface area contributed by atoms with Crippen LogP contribution in [-0.4, -0.2) is 34.2 Å². The highest BCUT2D eigenvalue weighted by molar-refractivity contribution is 7.92. The molecule has 0 aliphatic heterocycles. The van der Waals surface area contributed by atoms with Gasteiger partial charge in [-0.2, -0.15) is 4.31 Å². The fourth-order valence-electron chi connectivity index (χ4n) is 3.35. The Morgan fingerprint density at radius 2 is 1.57 bits per heavy atom. The largest absolute Gasteiger partial charge is 0.280 e. The van der Waals surface area contributed by atoms with Crippen molar-refractivity contribution in [3.63, 3.8) is 0 Å². The summed E-state index contributed by atoms with van der Waals surface area (Å²) in [5.74, 6) is -0.657. The Balaban J connectivity index is 1.77. The van der Waals surface area contributed by atoms with Gasteiger partial charge in [-0.1, -0.05) is 25.3 Å². The van der Waals surface area contributed by atoms with Gasteiger partial charge in [0.2, 0.25) is 10.0 Å². The number of sulfonamides is 2. The van der Waals surface area contributed by atoms with Crippen LogP contribution < -0.4 is 4.72 Å². The van der Waals surface area contributed by atoms with Gasteiger partial charge in [0, 0.05) is 18.8 Å². The highest BCUT2D eigenvalue weighted by atomic mass is 32.2. The van der Waals surface area contributed by atoms with Crippen molar-refractivity contribution in [3.05, 3.63) is 54.3 Å². The molecule has 0 heterocycles. The third kappa shape index (κ3) is 4.53. The molecule has 0 spiro atoms. The Kier molecular flexibility index (Phi) is 6.07. The molecule has 0 unspecified atom stereocenters. The Morgan fingerprint density at radius 3 is 2.18 bits per heavy atom. The number of hydrogen-bond donors (Lipinski definition) is 1. The van der Waals surface area contributed by atoms with Crippen molar-refractivity contribution in [1.29, 1.82) is 0 Å². The summed E-state index contributed by atoms with van der Waals surface area (Å²) in [5.41, 5.74) is 0.198. The van der Waals surface area contributed by atoms with E-state index in [9.17, 15) is 21.2 Å². The van der Waals surface area contributed by atoms with Crippen LogP contribution in [0.25, 0.3) is 0 Å². The molecule has 0 saturated heterocycles. The average Bonchev–Trinajstić information content (AvgIpc) is 2.68. The fourth-order valence-corrected chi connectivity index (χ4v) is 5.86. The van der Waals surface area contributed by atoms with Crippen LogP contribution in [-0.2, 0) is 20.0 Å². The number of nitrogens with zero attached hydrogens (tertiary/aromatic N) is 1. The summed E-state index contributed by atoms with van der Waals surface area (Å²) < 4.78 is 67.4. The van der Waals surface area contributed by atoms with E-state index in [2.05, 4.69) is 4.72 Å². The van der Waals surface area contributed by atoms with Gasteiger partial charge in [-0.3, -0.25) is 4.72 Å². The lowest BCUT2D eigenvalue weighted by atomic mass is 9.96. The molecule has 0 amide bonds. The lowest BCUT2D eigenvalue weighted by molar-refractivity contribution is 0.286. The van der Waals surface area contributed by atoms with E-state index in [0.29, 0.717) is 0 Å². The van der Waals surface area contributed by atoms with Crippen molar-refractivity contribution in [2.24, 2.45) is 0 Å². The second-order valence-electron chi connectivity index (χ2n) is 6.90. The maximum absolute atomic E-state index is 13.3. The predicted molar refractivity (Wildman–Crippen MR) is 105 cm³/mol. The number of hydrogen-bond acceptors (Lipinski definition) is 4. The topological polar surface area (TPSA) is 83.6 Å². The second kappa shape index (κ2) is 8.18. The first-order valence-electron chi connectivity index (χ1n) is 9.07. The van der Waals surface area contributed by atoms with Gasteiger partial charge in [0.15, 0.2) is 0 Å². The Labute approximate surface area is 165 Å². The highest BCUT2D eigenvalue weighted by Crippen LogP contribution is 2.27. The van der Waals surface area contributed by atoms with Gasteiger partial charge in [0.25, 0.3) is 10.0 Å². The molecule has 28 heavy (non-hydrogen) atoms. The second-order valence-corrected chi connectivity index (χ2v) is 10.6. The molecule has 2 aromatic rings. The molecule has 0 bridgehead atoms. The first-order valence-corrected chi connectivity index (χ1v) is 12.0. The number of rotatable bonds is 6. The number of anilines is 1. The van der Waals surface area contributed by atoms with Gasteiger partial charge in [0.1, 0.15) is 5.82 Å². The minimum Gasteiger partial charge on any atom is -0.280 e. The summed E-state index contributed by atoms with van der Waals surface area (Å²) in [6.07, 6.45) is 4.86. The Hall–Kier alpha value is -1.97. The third-order valence-corrected chi connectivity index (χ3v) is 8.28. The molecule has 152 valence electrons. The molecule has 2 aromatic carbocycles. The summed E-state index contributed by atoms with van der Waals surface area (Å²) >= 11 is 0. The minimum atomic E-state index is -3.97. The SMILES string of the molecule is CN(C1CCCCC1)S(=O)(=O)c1ccc(NS(=O)(=O)c2cccc(F)c2)cc1. The molecular formula is C19H23FN2O4S2. The van der Waals surface area contributed by atoms with Crippen molar-refractivity contribution >= 4 is 25.7 Å². The molecule has 1 aliphatic carbocycles. The van der Waals surface area contributed by atoms with Gasteiger partial charge >= 0.3 is 0 Å². The summed E-state index contributed by atoms with van der Waals surface area (Å²) in [6, 6.07) is 10.2. The van der Waals surface area contributed by atoms with Crippen molar-refractivity contribution in [2.45, 2.75) is 47.9 Å². The van der Waals surface area contributed by atoms with E-state index < -0.39 is 25.9 Å². The molecule has 0 atom stereocenters. The van der Waals surface area contributed by atoms with E-state index >= 15 is 0 Å². The standard InChI is InChI=1S/C19H23FN2O4S2/c1-22(17-7-3-2-4-8-17)28(25,26)18-12-10-16(11-13-18)21-27(23,24)19-9-5-6-15(20)14-19/h5-6,9-14,17,21H,2-4,7-8H2,1H3. The molecule has 9 heteroatoms. The van der Waals surface area contributed by atoms with E-state index in [1.807, 2.05) is 0 Å². The third-order valence-electron chi connectivity index (χ3n) is 4.98. The summed E-state index contributed by atoms with van der Waals surface area (Å²) in [6.45, 7) is 0. The Bertz CT molecular complexity index is 1030. The van der Waals surface area contributed by atoms with E-state index in [0.717, 1.165) is 44.2 Å². The van der Waals surface area contributed by atoms with Gasteiger partial charge in [-0.15, -0.1) is 0 Å². The highest BCUT2D eigenvalue weighted by Gasteiger charge is 2.29. The predicted octanol–water partition coefficient (Wildman–Crippen LogP) is 3.58. The first kappa shape index (κ1) is 20.8. The maximum atomic E-state index is 13.3. The zero-order valence-electron chi connectivity index (χ0n) is 15.5. The monoisotopic (exact) mass is 426 g/mol. The van der Waals surface area contributed by atoms with Crippen LogP contribution in [0.5, 0.6) is 0 Å². The molecular weight excluding hydrogens is 403 g/mol. The molecule has 1 fully saturated rings. The van der Waals surface area contributed by atoms with Crippen molar-refractivity contribution in [3.8, 4) is 0 Å². The van der Waals surface area contributed by atoms with Gasteiger partial charge in [-0.25, -0.2) is 21.2 Å². The van der Waals surface area contributed by atoms with Crippen molar-refractivity contribution in [2.75, 3.05) is 11.8 Å². The van der Waals surface area contributed by atoms with Crippen LogP contribution in [0.15, 0.2) is 58.3 Å². The first-order chi connectivity index (χ1) is 13.2. The quantitative estimate of drug-likeness (QED) is 0.765. The maximum Gasteiger partial charge on any atom is 0.261 e. The zero-order valence-corrected chi connectivity index (χ0v) is 17.1. The van der Waals surface area contributed by atoms with Gasteiger partial charge in [-0.05, 0) is 55.3 Å². The number of halogens is 1. The van der Waals surface area contributed by atoms with Crippen LogP contribution in [0.1, 0.15) is 32.1 Å². The zero-order chi connectivity index (χ0) is 20.4.